The smallest absolute Gasteiger partial charge is 0.183 e. The molecular weight excluding hydrogens is 204 g/mol. The van der Waals surface area contributed by atoms with Gasteiger partial charge in [-0.1, -0.05) is 0 Å². The van der Waals surface area contributed by atoms with E-state index in [-0.39, 0.29) is 5.78 Å². The van der Waals surface area contributed by atoms with Crippen molar-refractivity contribution in [1.82, 2.24) is 10.3 Å². The van der Waals surface area contributed by atoms with Crippen molar-refractivity contribution in [2.24, 2.45) is 0 Å². The minimum absolute atomic E-state index is 0.00375. The molecule has 0 spiro atoms. The molecule has 1 rings (SSSR count). The van der Waals surface area contributed by atoms with Gasteiger partial charge in [0.2, 0.25) is 0 Å². The standard InChI is InChI=1S/C12H18N2O2/c1-5-16-10-6-9(7-14-8-10)11(15)12(2,3)13-4/h6-8,13H,5H2,1-4H3. The highest BCUT2D eigenvalue weighted by Gasteiger charge is 2.26. The first-order valence-corrected chi connectivity index (χ1v) is 5.33. The number of carbonyl (C=O) groups excluding carboxylic acids is 1. The van der Waals surface area contributed by atoms with Gasteiger partial charge in [0.1, 0.15) is 5.75 Å². The van der Waals surface area contributed by atoms with Crippen molar-refractivity contribution in [3.8, 4) is 5.75 Å². The molecule has 4 nitrogen and oxygen atoms in total. The summed E-state index contributed by atoms with van der Waals surface area (Å²) in [7, 11) is 1.76. The van der Waals surface area contributed by atoms with Crippen LogP contribution in [0, 0.1) is 0 Å². The number of carbonyl (C=O) groups is 1. The number of likely N-dealkylation sites (N-methyl/N-ethyl adjacent to an activating group) is 1. The lowest BCUT2D eigenvalue weighted by Crippen LogP contribution is -2.44. The van der Waals surface area contributed by atoms with Crippen LogP contribution >= 0.6 is 0 Å². The highest BCUT2D eigenvalue weighted by Crippen LogP contribution is 2.16. The fourth-order valence-electron chi connectivity index (χ4n) is 1.26. The zero-order chi connectivity index (χ0) is 12.2. The van der Waals surface area contributed by atoms with Crippen LogP contribution in [0.1, 0.15) is 31.1 Å². The number of ketones is 1. The van der Waals surface area contributed by atoms with E-state index in [4.69, 9.17) is 4.74 Å². The third kappa shape index (κ3) is 2.79. The normalized spacial score (nSPS) is 11.2. The zero-order valence-electron chi connectivity index (χ0n) is 10.2. The fourth-order valence-corrected chi connectivity index (χ4v) is 1.26. The molecule has 1 aromatic rings. The molecule has 0 unspecified atom stereocenters. The maximum Gasteiger partial charge on any atom is 0.183 e. The molecule has 0 fully saturated rings. The summed E-state index contributed by atoms with van der Waals surface area (Å²) in [4.78, 5) is 16.1. The zero-order valence-corrected chi connectivity index (χ0v) is 10.2. The summed E-state index contributed by atoms with van der Waals surface area (Å²) in [5.41, 5.74) is -0.0303. The van der Waals surface area contributed by atoms with Crippen LogP contribution in [0.4, 0.5) is 0 Å². The average Bonchev–Trinajstić information content (AvgIpc) is 2.29. The van der Waals surface area contributed by atoms with E-state index in [1.165, 1.54) is 0 Å². The number of aromatic nitrogens is 1. The molecule has 0 aliphatic carbocycles. The van der Waals surface area contributed by atoms with Crippen LogP contribution in [0.3, 0.4) is 0 Å². The number of Topliss-reactive ketones (excluding diaryl/α,β-unsaturated/α-hetero) is 1. The van der Waals surface area contributed by atoms with Gasteiger partial charge in [0.05, 0.1) is 18.3 Å². The lowest BCUT2D eigenvalue weighted by molar-refractivity contribution is 0.0888. The first kappa shape index (κ1) is 12.6. The summed E-state index contributed by atoms with van der Waals surface area (Å²) in [6, 6.07) is 1.72. The molecule has 0 aromatic carbocycles. The Morgan fingerprint density at radius 2 is 2.19 bits per heavy atom. The molecule has 88 valence electrons. The van der Waals surface area contributed by atoms with Crippen molar-refractivity contribution in [3.05, 3.63) is 24.0 Å². The Balaban J connectivity index is 2.96. The predicted octanol–water partition coefficient (Wildman–Crippen LogP) is 1.66. The highest BCUT2D eigenvalue weighted by atomic mass is 16.5. The van der Waals surface area contributed by atoms with E-state index in [2.05, 4.69) is 10.3 Å². The van der Waals surface area contributed by atoms with Crippen molar-refractivity contribution in [3.63, 3.8) is 0 Å². The SMILES string of the molecule is CCOc1cncc(C(=O)C(C)(C)NC)c1. The Labute approximate surface area is 96.0 Å². The first-order chi connectivity index (χ1) is 7.51. The van der Waals surface area contributed by atoms with E-state index in [0.717, 1.165) is 0 Å². The third-order valence-electron chi connectivity index (χ3n) is 2.48. The Morgan fingerprint density at radius 1 is 1.50 bits per heavy atom. The van der Waals surface area contributed by atoms with Gasteiger partial charge < -0.3 is 10.1 Å². The fraction of sp³-hybridized carbons (Fsp3) is 0.500. The van der Waals surface area contributed by atoms with Crippen molar-refractivity contribution >= 4 is 5.78 Å². The molecule has 0 aliphatic rings. The van der Waals surface area contributed by atoms with Crippen LogP contribution in [0.2, 0.25) is 0 Å². The third-order valence-corrected chi connectivity index (χ3v) is 2.48. The summed E-state index contributed by atoms with van der Waals surface area (Å²) >= 11 is 0. The number of nitrogens with one attached hydrogen (secondary N) is 1. The van der Waals surface area contributed by atoms with Crippen molar-refractivity contribution in [1.29, 1.82) is 0 Å². The topological polar surface area (TPSA) is 51.2 Å². The van der Waals surface area contributed by atoms with Gasteiger partial charge in [-0.25, -0.2) is 0 Å². The second-order valence-corrected chi connectivity index (χ2v) is 4.05. The molecule has 0 amide bonds. The van der Waals surface area contributed by atoms with E-state index in [1.807, 2.05) is 20.8 Å². The summed E-state index contributed by atoms with van der Waals surface area (Å²) in [5.74, 6) is 0.629. The van der Waals surface area contributed by atoms with E-state index < -0.39 is 5.54 Å². The number of hydrogen-bond donors (Lipinski definition) is 1. The van der Waals surface area contributed by atoms with Crippen LogP contribution in [-0.4, -0.2) is 30.0 Å². The molecular formula is C12H18N2O2. The number of ether oxygens (including phenoxy) is 1. The van der Waals surface area contributed by atoms with Gasteiger partial charge in [0.25, 0.3) is 0 Å². The Kier molecular flexibility index (Phi) is 4.01. The van der Waals surface area contributed by atoms with Crippen molar-refractivity contribution < 1.29 is 9.53 Å². The highest BCUT2D eigenvalue weighted by molar-refractivity contribution is 6.02. The average molecular weight is 222 g/mol. The van der Waals surface area contributed by atoms with Crippen LogP contribution < -0.4 is 10.1 Å². The van der Waals surface area contributed by atoms with Crippen molar-refractivity contribution in [2.75, 3.05) is 13.7 Å². The number of rotatable bonds is 5. The molecule has 0 bridgehead atoms. The minimum atomic E-state index is -0.591. The van der Waals surface area contributed by atoms with Gasteiger partial charge in [-0.05, 0) is 33.9 Å². The molecule has 1 aromatic heterocycles. The molecule has 1 heterocycles. The molecule has 0 atom stereocenters. The number of hydrogen-bond acceptors (Lipinski definition) is 4. The summed E-state index contributed by atoms with van der Waals surface area (Å²) in [5, 5.41) is 2.97. The minimum Gasteiger partial charge on any atom is -0.492 e. The molecule has 0 saturated carbocycles. The number of pyridine rings is 1. The van der Waals surface area contributed by atoms with Gasteiger partial charge >= 0.3 is 0 Å². The van der Waals surface area contributed by atoms with Crippen LogP contribution in [0.5, 0.6) is 5.75 Å². The summed E-state index contributed by atoms with van der Waals surface area (Å²) < 4.78 is 5.31. The second kappa shape index (κ2) is 5.07. The Bertz CT molecular complexity index is 375. The molecule has 0 radical (unpaired) electrons. The summed E-state index contributed by atoms with van der Waals surface area (Å²) in [6.45, 7) is 6.13. The molecule has 0 aliphatic heterocycles. The van der Waals surface area contributed by atoms with Gasteiger partial charge in [0, 0.05) is 11.8 Å². The van der Waals surface area contributed by atoms with E-state index >= 15 is 0 Å². The van der Waals surface area contributed by atoms with Gasteiger partial charge in [-0.2, -0.15) is 0 Å². The maximum absolute atomic E-state index is 12.1. The molecule has 1 N–H and O–H groups in total. The predicted molar refractivity (Wildman–Crippen MR) is 62.9 cm³/mol. The number of nitrogens with zero attached hydrogens (tertiary/aromatic N) is 1. The van der Waals surface area contributed by atoms with E-state index in [9.17, 15) is 4.79 Å². The largest absolute Gasteiger partial charge is 0.492 e. The van der Waals surface area contributed by atoms with Crippen LogP contribution in [0.25, 0.3) is 0 Å². The molecule has 4 heteroatoms. The quantitative estimate of drug-likeness (QED) is 0.770. The van der Waals surface area contributed by atoms with Gasteiger partial charge in [-0.15, -0.1) is 0 Å². The maximum atomic E-state index is 12.1. The Hall–Kier alpha value is -1.42. The molecule has 0 saturated heterocycles. The van der Waals surface area contributed by atoms with E-state index in [1.54, 1.807) is 25.5 Å². The van der Waals surface area contributed by atoms with Gasteiger partial charge in [0.15, 0.2) is 5.78 Å². The summed E-state index contributed by atoms with van der Waals surface area (Å²) in [6.07, 6.45) is 3.16. The second-order valence-electron chi connectivity index (χ2n) is 4.05. The van der Waals surface area contributed by atoms with E-state index in [0.29, 0.717) is 17.9 Å². The Morgan fingerprint density at radius 3 is 2.75 bits per heavy atom. The van der Waals surface area contributed by atoms with Gasteiger partial charge in [-0.3, -0.25) is 9.78 Å². The monoisotopic (exact) mass is 222 g/mol. The van der Waals surface area contributed by atoms with Crippen molar-refractivity contribution in [2.45, 2.75) is 26.3 Å². The lowest BCUT2D eigenvalue weighted by atomic mass is 9.94. The first-order valence-electron chi connectivity index (χ1n) is 5.33. The van der Waals surface area contributed by atoms with Crippen LogP contribution in [-0.2, 0) is 0 Å². The lowest BCUT2D eigenvalue weighted by Gasteiger charge is -2.22. The van der Waals surface area contributed by atoms with Crippen LogP contribution in [0.15, 0.2) is 18.5 Å². The molecule has 16 heavy (non-hydrogen) atoms.